The number of pyridine rings is 1. The summed E-state index contributed by atoms with van der Waals surface area (Å²) in [4.78, 5) is 24.2. The highest BCUT2D eigenvalue weighted by Crippen LogP contribution is 2.41. The first-order valence-corrected chi connectivity index (χ1v) is 12.3. The summed E-state index contributed by atoms with van der Waals surface area (Å²) in [5.74, 6) is 1.05. The third kappa shape index (κ3) is 4.80. The van der Waals surface area contributed by atoms with Gasteiger partial charge in [0.25, 0.3) is 0 Å². The number of aromatic amines is 1. The first-order chi connectivity index (χ1) is 15.7. The Hall–Kier alpha value is -2.37. The predicted octanol–water partition coefficient (Wildman–Crippen LogP) is 5.89. The van der Waals surface area contributed by atoms with Gasteiger partial charge in [0.05, 0.1) is 23.0 Å². The van der Waals surface area contributed by atoms with Gasteiger partial charge in [-0.1, -0.05) is 31.5 Å². The van der Waals surface area contributed by atoms with Crippen LogP contribution in [0.4, 0.5) is 0 Å². The van der Waals surface area contributed by atoms with Gasteiger partial charge in [-0.2, -0.15) is 0 Å². The van der Waals surface area contributed by atoms with Crippen molar-refractivity contribution in [2.75, 3.05) is 33.7 Å². The van der Waals surface area contributed by atoms with Gasteiger partial charge in [-0.3, -0.25) is 14.7 Å². The molecule has 5 nitrogen and oxygen atoms in total. The quantitative estimate of drug-likeness (QED) is 0.510. The van der Waals surface area contributed by atoms with Crippen LogP contribution in [-0.4, -0.2) is 59.4 Å². The van der Waals surface area contributed by atoms with E-state index in [0.29, 0.717) is 23.4 Å². The largest absolute Gasteiger partial charge is 0.354 e. The van der Waals surface area contributed by atoms with Crippen molar-refractivity contribution >= 4 is 28.4 Å². The molecule has 1 N–H and O–H groups in total. The number of aromatic nitrogens is 2. The van der Waals surface area contributed by atoms with Crippen molar-refractivity contribution in [1.82, 2.24) is 19.8 Å². The second-order valence-corrected chi connectivity index (χ2v) is 10.3. The zero-order chi connectivity index (χ0) is 23.9. The average Bonchev–Trinajstić information content (AvgIpc) is 3.15. The molecule has 1 aliphatic rings. The molecular weight excluding hydrogens is 432 g/mol. The summed E-state index contributed by atoms with van der Waals surface area (Å²) in [5.41, 5.74) is 7.82. The van der Waals surface area contributed by atoms with Crippen LogP contribution in [0.15, 0.2) is 24.3 Å². The van der Waals surface area contributed by atoms with Gasteiger partial charge >= 0.3 is 0 Å². The molecule has 1 aliphatic heterocycles. The standard InChI is InChI=1S/C27H35ClN4O/c1-16(2)25-21-14-20(19-9-11-32(12-10-19)15-24(33)31(5)6)7-8-23(21)30-27(25)22-13-17(3)29-18(4)26(22)28/h7-8,13-14,16,19,30H,9-12,15H2,1-6H3. The molecule has 2 aromatic heterocycles. The van der Waals surface area contributed by atoms with E-state index in [1.165, 1.54) is 16.5 Å². The average molecular weight is 467 g/mol. The number of aryl methyl sites for hydroxylation is 2. The first kappa shape index (κ1) is 23.8. The first-order valence-electron chi connectivity index (χ1n) is 11.9. The number of piperidine rings is 1. The van der Waals surface area contributed by atoms with Crippen molar-refractivity contribution in [2.24, 2.45) is 0 Å². The smallest absolute Gasteiger partial charge is 0.236 e. The Kier molecular flexibility index (Phi) is 6.83. The highest BCUT2D eigenvalue weighted by atomic mass is 35.5. The molecule has 1 fully saturated rings. The summed E-state index contributed by atoms with van der Waals surface area (Å²) < 4.78 is 0. The molecule has 3 heterocycles. The molecule has 1 saturated heterocycles. The minimum absolute atomic E-state index is 0.177. The lowest BCUT2D eigenvalue weighted by Crippen LogP contribution is -2.40. The number of halogens is 1. The summed E-state index contributed by atoms with van der Waals surface area (Å²) in [5, 5.41) is 2.00. The summed E-state index contributed by atoms with van der Waals surface area (Å²) in [6.07, 6.45) is 2.16. The molecule has 176 valence electrons. The van der Waals surface area contributed by atoms with Gasteiger partial charge in [0, 0.05) is 36.3 Å². The van der Waals surface area contributed by atoms with Gasteiger partial charge in [-0.15, -0.1) is 0 Å². The Morgan fingerprint density at radius 2 is 1.91 bits per heavy atom. The van der Waals surface area contributed by atoms with E-state index in [1.807, 2.05) is 27.9 Å². The normalized spacial score (nSPS) is 15.5. The number of hydrogen-bond donors (Lipinski definition) is 1. The van der Waals surface area contributed by atoms with Crippen molar-refractivity contribution < 1.29 is 4.79 Å². The maximum atomic E-state index is 12.1. The zero-order valence-electron chi connectivity index (χ0n) is 20.6. The van der Waals surface area contributed by atoms with E-state index >= 15 is 0 Å². The van der Waals surface area contributed by atoms with Crippen molar-refractivity contribution in [3.63, 3.8) is 0 Å². The van der Waals surface area contributed by atoms with Crippen molar-refractivity contribution in [2.45, 2.75) is 52.4 Å². The van der Waals surface area contributed by atoms with Gasteiger partial charge in [-0.05, 0) is 80.9 Å². The van der Waals surface area contributed by atoms with E-state index in [9.17, 15) is 4.79 Å². The maximum Gasteiger partial charge on any atom is 0.236 e. The zero-order valence-corrected chi connectivity index (χ0v) is 21.4. The fourth-order valence-electron chi connectivity index (χ4n) is 5.05. The van der Waals surface area contributed by atoms with Crippen LogP contribution in [0.2, 0.25) is 5.02 Å². The van der Waals surface area contributed by atoms with Crippen LogP contribution in [0.3, 0.4) is 0 Å². The molecule has 0 atom stereocenters. The van der Waals surface area contributed by atoms with E-state index in [0.717, 1.165) is 54.1 Å². The number of amides is 1. The number of likely N-dealkylation sites (N-methyl/N-ethyl adjacent to an activating group) is 1. The Bertz CT molecular complexity index is 1170. The summed E-state index contributed by atoms with van der Waals surface area (Å²) >= 11 is 6.71. The Morgan fingerprint density at radius 1 is 1.21 bits per heavy atom. The number of nitrogens with zero attached hydrogens (tertiary/aromatic N) is 3. The fourth-order valence-corrected chi connectivity index (χ4v) is 5.24. The second kappa shape index (κ2) is 9.47. The second-order valence-electron chi connectivity index (χ2n) is 9.92. The van der Waals surface area contributed by atoms with Crippen molar-refractivity contribution in [1.29, 1.82) is 0 Å². The third-order valence-corrected chi connectivity index (χ3v) is 7.35. The van der Waals surface area contributed by atoms with Crippen LogP contribution in [0.5, 0.6) is 0 Å². The Balaban J connectivity index is 1.65. The van der Waals surface area contributed by atoms with E-state index in [-0.39, 0.29) is 5.91 Å². The monoisotopic (exact) mass is 466 g/mol. The molecule has 33 heavy (non-hydrogen) atoms. The lowest BCUT2D eigenvalue weighted by atomic mass is 9.87. The molecule has 6 heteroatoms. The van der Waals surface area contributed by atoms with Gasteiger partial charge in [0.2, 0.25) is 5.91 Å². The van der Waals surface area contributed by atoms with E-state index in [4.69, 9.17) is 11.6 Å². The van der Waals surface area contributed by atoms with Crippen LogP contribution >= 0.6 is 11.6 Å². The molecule has 4 rings (SSSR count). The van der Waals surface area contributed by atoms with Crippen molar-refractivity contribution in [3.05, 3.63) is 51.8 Å². The maximum absolute atomic E-state index is 12.1. The topological polar surface area (TPSA) is 52.2 Å². The molecule has 0 radical (unpaired) electrons. The van der Waals surface area contributed by atoms with Crippen LogP contribution in [0.1, 0.15) is 61.0 Å². The van der Waals surface area contributed by atoms with Crippen LogP contribution in [-0.2, 0) is 4.79 Å². The SMILES string of the molecule is Cc1cc(-c2[nH]c3ccc(C4CCN(CC(=O)N(C)C)CC4)cc3c2C(C)C)c(Cl)c(C)n1. The highest BCUT2D eigenvalue weighted by molar-refractivity contribution is 6.34. The van der Waals surface area contributed by atoms with Crippen LogP contribution in [0, 0.1) is 13.8 Å². The number of benzene rings is 1. The number of rotatable bonds is 5. The minimum Gasteiger partial charge on any atom is -0.354 e. The van der Waals surface area contributed by atoms with Crippen LogP contribution in [0.25, 0.3) is 22.2 Å². The Labute approximate surface area is 202 Å². The fraction of sp³-hybridized carbons (Fsp3) is 0.481. The van der Waals surface area contributed by atoms with Gasteiger partial charge < -0.3 is 9.88 Å². The summed E-state index contributed by atoms with van der Waals surface area (Å²) in [6, 6.07) is 8.95. The molecular formula is C27H35ClN4O. The molecule has 0 bridgehead atoms. The number of hydrogen-bond acceptors (Lipinski definition) is 3. The molecule has 3 aromatic rings. The van der Waals surface area contributed by atoms with Gasteiger partial charge in [0.15, 0.2) is 0 Å². The minimum atomic E-state index is 0.177. The molecule has 1 aromatic carbocycles. The molecule has 0 aliphatic carbocycles. The number of nitrogens with one attached hydrogen (secondary N) is 1. The van der Waals surface area contributed by atoms with Crippen molar-refractivity contribution in [3.8, 4) is 11.3 Å². The molecule has 0 unspecified atom stereocenters. The number of carbonyl (C=O) groups excluding carboxylic acids is 1. The summed E-state index contributed by atoms with van der Waals surface area (Å²) in [6.45, 7) is 10.9. The van der Waals surface area contributed by atoms with E-state index in [2.05, 4.69) is 53.0 Å². The number of H-pyrrole nitrogens is 1. The predicted molar refractivity (Wildman–Crippen MR) is 137 cm³/mol. The molecule has 0 saturated carbocycles. The third-order valence-electron chi connectivity index (χ3n) is 6.88. The number of likely N-dealkylation sites (tertiary alicyclic amines) is 1. The number of fused-ring (bicyclic) bond motifs is 1. The molecule has 0 spiro atoms. The van der Waals surface area contributed by atoms with Gasteiger partial charge in [0.1, 0.15) is 0 Å². The number of carbonyl (C=O) groups is 1. The van der Waals surface area contributed by atoms with Gasteiger partial charge in [-0.25, -0.2) is 0 Å². The van der Waals surface area contributed by atoms with E-state index in [1.54, 1.807) is 4.90 Å². The molecule has 1 amide bonds. The van der Waals surface area contributed by atoms with E-state index < -0.39 is 0 Å². The lowest BCUT2D eigenvalue weighted by Gasteiger charge is -2.32. The summed E-state index contributed by atoms with van der Waals surface area (Å²) in [7, 11) is 3.65. The highest BCUT2D eigenvalue weighted by Gasteiger charge is 2.24. The lowest BCUT2D eigenvalue weighted by molar-refractivity contribution is -0.130. The van der Waals surface area contributed by atoms with Crippen LogP contribution < -0.4 is 0 Å². The Morgan fingerprint density at radius 3 is 2.55 bits per heavy atom.